The fourth-order valence-corrected chi connectivity index (χ4v) is 0.927. The molecule has 0 radical (unpaired) electrons. The maximum atomic E-state index is 11.0. The highest BCUT2D eigenvalue weighted by Crippen LogP contribution is 1.95. The van der Waals surface area contributed by atoms with Gasteiger partial charge in [-0.3, -0.25) is 9.59 Å². The Balaban J connectivity index is 3.15. The predicted molar refractivity (Wildman–Crippen MR) is 45.3 cm³/mol. The van der Waals surface area contributed by atoms with Gasteiger partial charge in [0.1, 0.15) is 6.54 Å². The summed E-state index contributed by atoms with van der Waals surface area (Å²) in [4.78, 5) is 31.8. The number of carboxylic acid groups (broad SMARTS) is 2. The van der Waals surface area contributed by atoms with Gasteiger partial charge in [-0.25, -0.2) is 4.79 Å². The van der Waals surface area contributed by atoms with Crippen LogP contribution in [0.25, 0.3) is 0 Å². The lowest BCUT2D eigenvalue weighted by Crippen LogP contribution is -2.23. The molecule has 0 saturated heterocycles. The molecule has 1 rings (SSSR count). The number of pyridine rings is 1. The Labute approximate surface area is 78.0 Å². The van der Waals surface area contributed by atoms with Crippen LogP contribution in [0.4, 0.5) is 0 Å². The van der Waals surface area contributed by atoms with Gasteiger partial charge in [0, 0.05) is 12.3 Å². The Morgan fingerprint density at radius 3 is 2.43 bits per heavy atom. The average molecular weight is 197 g/mol. The third-order valence-electron chi connectivity index (χ3n) is 1.54. The van der Waals surface area contributed by atoms with Crippen molar-refractivity contribution >= 4 is 11.9 Å². The molecular formula is C8H7NO5. The summed E-state index contributed by atoms with van der Waals surface area (Å²) in [5, 5.41) is 17.0. The van der Waals surface area contributed by atoms with Gasteiger partial charge in [-0.05, 0) is 6.07 Å². The van der Waals surface area contributed by atoms with Gasteiger partial charge in [0.2, 0.25) is 0 Å². The first-order chi connectivity index (χ1) is 6.50. The lowest BCUT2D eigenvalue weighted by Gasteiger charge is -2.02. The molecule has 2 N–H and O–H groups in total. The van der Waals surface area contributed by atoms with Crippen LogP contribution < -0.4 is 5.56 Å². The fraction of sp³-hybridized carbons (Fsp3) is 0.125. The van der Waals surface area contributed by atoms with E-state index in [2.05, 4.69) is 0 Å². The zero-order valence-electron chi connectivity index (χ0n) is 7.01. The van der Waals surface area contributed by atoms with E-state index < -0.39 is 24.0 Å². The van der Waals surface area contributed by atoms with Crippen LogP contribution in [-0.2, 0) is 11.3 Å². The van der Waals surface area contributed by atoms with Crippen molar-refractivity contribution in [2.24, 2.45) is 0 Å². The molecule has 0 amide bonds. The van der Waals surface area contributed by atoms with Gasteiger partial charge in [0.15, 0.2) is 0 Å². The van der Waals surface area contributed by atoms with Crippen LogP contribution in [0.1, 0.15) is 10.4 Å². The second-order valence-corrected chi connectivity index (χ2v) is 2.58. The van der Waals surface area contributed by atoms with Crippen molar-refractivity contribution in [3.8, 4) is 0 Å². The maximum Gasteiger partial charge on any atom is 0.337 e. The Morgan fingerprint density at radius 2 is 1.93 bits per heavy atom. The number of aromatic nitrogens is 1. The van der Waals surface area contributed by atoms with Crippen LogP contribution in [0.3, 0.4) is 0 Å². The fourth-order valence-electron chi connectivity index (χ4n) is 0.927. The first-order valence-electron chi connectivity index (χ1n) is 3.66. The molecule has 0 aliphatic carbocycles. The van der Waals surface area contributed by atoms with E-state index >= 15 is 0 Å². The molecule has 0 aliphatic rings. The summed E-state index contributed by atoms with van der Waals surface area (Å²) in [6.45, 7) is -0.542. The van der Waals surface area contributed by atoms with E-state index in [0.29, 0.717) is 0 Å². The zero-order chi connectivity index (χ0) is 10.7. The van der Waals surface area contributed by atoms with Crippen molar-refractivity contribution < 1.29 is 19.8 Å². The number of aromatic carboxylic acids is 1. The molecule has 1 aromatic heterocycles. The Hall–Kier alpha value is -2.11. The first kappa shape index (κ1) is 9.97. The van der Waals surface area contributed by atoms with Crippen molar-refractivity contribution in [2.75, 3.05) is 0 Å². The molecule has 0 saturated carbocycles. The molecule has 0 spiro atoms. The van der Waals surface area contributed by atoms with Crippen LogP contribution in [-0.4, -0.2) is 26.7 Å². The highest BCUT2D eigenvalue weighted by molar-refractivity contribution is 5.87. The van der Waals surface area contributed by atoms with Crippen LogP contribution in [0.2, 0.25) is 0 Å². The van der Waals surface area contributed by atoms with Crippen molar-refractivity contribution in [3.05, 3.63) is 34.2 Å². The molecular weight excluding hydrogens is 190 g/mol. The minimum Gasteiger partial charge on any atom is -0.480 e. The summed E-state index contributed by atoms with van der Waals surface area (Å²) in [6.07, 6.45) is 0.999. The molecule has 74 valence electrons. The van der Waals surface area contributed by atoms with Gasteiger partial charge in [0.25, 0.3) is 5.56 Å². The lowest BCUT2D eigenvalue weighted by atomic mass is 10.3. The summed E-state index contributed by atoms with van der Waals surface area (Å²) < 4.78 is 0.825. The summed E-state index contributed by atoms with van der Waals surface area (Å²) in [6, 6.07) is 2.15. The Bertz CT molecular complexity index is 434. The molecule has 0 aromatic carbocycles. The number of hydrogen-bond acceptors (Lipinski definition) is 3. The van der Waals surface area contributed by atoms with Gasteiger partial charge < -0.3 is 14.8 Å². The predicted octanol–water partition coefficient (Wildman–Crippen LogP) is -0.369. The van der Waals surface area contributed by atoms with Crippen molar-refractivity contribution in [2.45, 2.75) is 6.54 Å². The normalized spacial score (nSPS) is 9.71. The van der Waals surface area contributed by atoms with Gasteiger partial charge in [-0.15, -0.1) is 0 Å². The standard InChI is InChI=1S/C8H7NO5/c10-6-2-1-5(8(13)14)3-9(6)4-7(11)12/h1-3H,4H2,(H,11,12)(H,13,14). The second-order valence-electron chi connectivity index (χ2n) is 2.58. The number of aliphatic carboxylic acids is 1. The Kier molecular flexibility index (Phi) is 2.66. The first-order valence-corrected chi connectivity index (χ1v) is 3.66. The summed E-state index contributed by atoms with van der Waals surface area (Å²) in [5.41, 5.74) is -0.664. The van der Waals surface area contributed by atoms with E-state index in [1.54, 1.807) is 0 Å². The molecule has 1 aromatic rings. The molecule has 6 heteroatoms. The molecule has 1 heterocycles. The topological polar surface area (TPSA) is 96.6 Å². The third-order valence-corrected chi connectivity index (χ3v) is 1.54. The number of hydrogen-bond donors (Lipinski definition) is 2. The third kappa shape index (κ3) is 2.19. The molecule has 6 nitrogen and oxygen atoms in total. The van der Waals surface area contributed by atoms with Gasteiger partial charge in [-0.2, -0.15) is 0 Å². The van der Waals surface area contributed by atoms with Crippen molar-refractivity contribution in [1.82, 2.24) is 4.57 Å². The molecule has 14 heavy (non-hydrogen) atoms. The van der Waals surface area contributed by atoms with Crippen LogP contribution in [0, 0.1) is 0 Å². The minimum absolute atomic E-state index is 0.120. The molecule has 0 fully saturated rings. The van der Waals surface area contributed by atoms with Crippen molar-refractivity contribution in [3.63, 3.8) is 0 Å². The SMILES string of the molecule is O=C(O)Cn1cc(C(=O)O)ccc1=O. The quantitative estimate of drug-likeness (QED) is 0.689. The minimum atomic E-state index is -1.20. The average Bonchev–Trinajstić information content (AvgIpc) is 2.07. The smallest absolute Gasteiger partial charge is 0.337 e. The Morgan fingerprint density at radius 1 is 1.29 bits per heavy atom. The maximum absolute atomic E-state index is 11.0. The largest absolute Gasteiger partial charge is 0.480 e. The number of nitrogens with zero attached hydrogens (tertiary/aromatic N) is 1. The lowest BCUT2D eigenvalue weighted by molar-refractivity contribution is -0.137. The number of rotatable bonds is 3. The molecule has 0 atom stereocenters. The monoisotopic (exact) mass is 197 g/mol. The van der Waals surface area contributed by atoms with E-state index in [1.165, 1.54) is 0 Å². The number of carboxylic acids is 2. The van der Waals surface area contributed by atoms with Gasteiger partial charge in [-0.1, -0.05) is 0 Å². The summed E-state index contributed by atoms with van der Waals surface area (Å²) >= 11 is 0. The number of carbonyl (C=O) groups is 2. The van der Waals surface area contributed by atoms with E-state index in [4.69, 9.17) is 10.2 Å². The van der Waals surface area contributed by atoms with E-state index in [9.17, 15) is 14.4 Å². The van der Waals surface area contributed by atoms with E-state index in [-0.39, 0.29) is 5.56 Å². The van der Waals surface area contributed by atoms with Crippen LogP contribution in [0.15, 0.2) is 23.1 Å². The zero-order valence-corrected chi connectivity index (χ0v) is 7.01. The van der Waals surface area contributed by atoms with Crippen LogP contribution in [0.5, 0.6) is 0 Å². The summed E-state index contributed by atoms with van der Waals surface area (Å²) in [5.74, 6) is -2.40. The van der Waals surface area contributed by atoms with E-state index in [1.807, 2.05) is 0 Å². The molecule has 0 bridgehead atoms. The van der Waals surface area contributed by atoms with E-state index in [0.717, 1.165) is 22.9 Å². The molecule has 0 aliphatic heterocycles. The van der Waals surface area contributed by atoms with Gasteiger partial charge >= 0.3 is 11.9 Å². The van der Waals surface area contributed by atoms with Gasteiger partial charge in [0.05, 0.1) is 5.56 Å². The van der Waals surface area contributed by atoms with Crippen molar-refractivity contribution in [1.29, 1.82) is 0 Å². The highest BCUT2D eigenvalue weighted by atomic mass is 16.4. The summed E-state index contributed by atoms with van der Waals surface area (Å²) in [7, 11) is 0. The highest BCUT2D eigenvalue weighted by Gasteiger charge is 2.06. The van der Waals surface area contributed by atoms with Crippen LogP contribution >= 0.6 is 0 Å². The second kappa shape index (κ2) is 3.73. The molecule has 0 unspecified atom stereocenters.